The monoisotopic (exact) mass is 724 g/mol. The van der Waals surface area contributed by atoms with Gasteiger partial charge >= 0.3 is 0 Å². The first-order valence-corrected chi connectivity index (χ1v) is 19.3. The molecule has 4 aliphatic rings. The number of rotatable bonds is 10. The minimum atomic E-state index is -0.589. The average molecular weight is 725 g/mol. The molecule has 3 aliphatic heterocycles. The molecule has 0 unspecified atom stereocenters. The Hall–Kier alpha value is -2.93. The maximum atomic E-state index is 15.6. The number of piperidine rings is 1. The first kappa shape index (κ1) is 35.5. The molecular formula is C38H46ClFN4O5S. The number of morpholine rings is 1. The van der Waals surface area contributed by atoms with Crippen molar-refractivity contribution in [2.45, 2.75) is 75.6 Å². The summed E-state index contributed by atoms with van der Waals surface area (Å²) in [6.07, 6.45) is 7.36. The van der Waals surface area contributed by atoms with Gasteiger partial charge in [0.15, 0.2) is 0 Å². The highest BCUT2D eigenvalue weighted by molar-refractivity contribution is 7.17. The van der Waals surface area contributed by atoms with Crippen LogP contribution in [0.2, 0.25) is 5.02 Å². The molecule has 1 aliphatic carbocycles. The van der Waals surface area contributed by atoms with Crippen molar-refractivity contribution in [2.24, 2.45) is 5.92 Å². The van der Waals surface area contributed by atoms with E-state index in [2.05, 4.69) is 15.1 Å². The summed E-state index contributed by atoms with van der Waals surface area (Å²) in [6, 6.07) is 10.9. The number of carbonyl (C=O) groups is 3. The van der Waals surface area contributed by atoms with Crippen molar-refractivity contribution in [1.29, 1.82) is 0 Å². The number of thiophene rings is 1. The van der Waals surface area contributed by atoms with Crippen LogP contribution in [0, 0.1) is 11.7 Å². The molecule has 4 fully saturated rings. The number of anilines is 1. The molecule has 3 saturated heterocycles. The third kappa shape index (κ3) is 8.08. The molecule has 2 atom stereocenters. The molecule has 12 heteroatoms. The minimum absolute atomic E-state index is 0.0811. The molecule has 3 aromatic rings. The molecule has 1 aromatic heterocycles. The van der Waals surface area contributed by atoms with E-state index in [9.17, 15) is 14.4 Å². The van der Waals surface area contributed by atoms with Gasteiger partial charge in [0.05, 0.1) is 54.7 Å². The van der Waals surface area contributed by atoms with Gasteiger partial charge in [0.25, 0.3) is 5.91 Å². The number of nitrogens with zero attached hydrogens (tertiary/aromatic N) is 3. The number of carbonyl (C=O) groups excluding carboxylic acids is 3. The van der Waals surface area contributed by atoms with E-state index in [1.807, 2.05) is 29.2 Å². The van der Waals surface area contributed by atoms with Crippen LogP contribution in [0.15, 0.2) is 41.8 Å². The Morgan fingerprint density at radius 2 is 1.74 bits per heavy atom. The average Bonchev–Trinajstić information content (AvgIpc) is 3.79. The zero-order valence-corrected chi connectivity index (χ0v) is 29.9. The van der Waals surface area contributed by atoms with Crippen molar-refractivity contribution in [1.82, 2.24) is 14.7 Å². The van der Waals surface area contributed by atoms with Gasteiger partial charge in [-0.3, -0.25) is 19.4 Å². The van der Waals surface area contributed by atoms with Crippen LogP contribution in [0.5, 0.6) is 0 Å². The lowest BCUT2D eigenvalue weighted by Gasteiger charge is -2.41. The number of aldehydes is 1. The number of hydrogen-bond donors (Lipinski definition) is 1. The summed E-state index contributed by atoms with van der Waals surface area (Å²) in [5.41, 5.74) is 0.860. The Labute approximate surface area is 302 Å². The molecule has 1 N–H and O–H groups in total. The zero-order valence-electron chi connectivity index (χ0n) is 28.4. The fourth-order valence-corrected chi connectivity index (χ4v) is 9.42. The molecule has 0 radical (unpaired) electrons. The van der Waals surface area contributed by atoms with Gasteiger partial charge in [-0.2, -0.15) is 0 Å². The third-order valence-electron chi connectivity index (χ3n) is 11.2. The van der Waals surface area contributed by atoms with Crippen LogP contribution in [-0.4, -0.2) is 110 Å². The van der Waals surface area contributed by atoms with Crippen LogP contribution in [0.3, 0.4) is 0 Å². The van der Waals surface area contributed by atoms with Crippen molar-refractivity contribution in [2.75, 3.05) is 57.9 Å². The quantitative estimate of drug-likeness (QED) is 0.256. The maximum absolute atomic E-state index is 15.6. The first-order chi connectivity index (χ1) is 24.4. The largest absolute Gasteiger partial charge is 0.379 e. The molecule has 4 heterocycles. The fraction of sp³-hybridized carbons (Fsp3) is 0.553. The van der Waals surface area contributed by atoms with Crippen LogP contribution in [0.4, 0.5) is 10.1 Å². The predicted molar refractivity (Wildman–Crippen MR) is 194 cm³/mol. The summed E-state index contributed by atoms with van der Waals surface area (Å²) in [5, 5.41) is 5.54. The number of likely N-dealkylation sites (tertiary alicyclic amines) is 2. The Balaban J connectivity index is 1.01. The van der Waals surface area contributed by atoms with E-state index in [0.717, 1.165) is 101 Å². The lowest BCUT2D eigenvalue weighted by molar-refractivity contribution is -0.133. The second-order valence-electron chi connectivity index (χ2n) is 14.2. The Bertz CT molecular complexity index is 1670. The molecule has 0 bridgehead atoms. The van der Waals surface area contributed by atoms with E-state index in [1.54, 1.807) is 5.38 Å². The number of halogens is 2. The standard InChI is InChI=1S/C38H46ClFN4O5S/c39-33-17-26(34(40)20-35(33)41-38(47)32-24-50-36-4-2-1-3-31(32)36)18-37(46)44-21-28(19-29(44)23-49-30-7-5-25(22-45)6-8-30)42-11-9-27(10-12-42)43-13-15-48-16-14-43/h1-4,17,20,22,24-25,27-30H,5-16,18-19,21,23H2,(H,41,47)/t25-,28-,29-,30-/m0/s1. The lowest BCUT2D eigenvalue weighted by Crippen LogP contribution is -2.51. The molecule has 50 heavy (non-hydrogen) atoms. The van der Waals surface area contributed by atoms with Gasteiger partial charge in [0.1, 0.15) is 12.1 Å². The molecule has 9 nitrogen and oxygen atoms in total. The van der Waals surface area contributed by atoms with Crippen molar-refractivity contribution in [3.05, 3.63) is 63.7 Å². The number of ether oxygens (including phenoxy) is 2. The summed E-state index contributed by atoms with van der Waals surface area (Å²) in [6.45, 7) is 6.54. The second kappa shape index (κ2) is 16.2. The smallest absolute Gasteiger partial charge is 0.257 e. The van der Waals surface area contributed by atoms with Crippen LogP contribution in [0.25, 0.3) is 10.1 Å². The van der Waals surface area contributed by atoms with Crippen molar-refractivity contribution in [3.8, 4) is 0 Å². The summed E-state index contributed by atoms with van der Waals surface area (Å²) < 4.78 is 28.5. The maximum Gasteiger partial charge on any atom is 0.257 e. The van der Waals surface area contributed by atoms with Gasteiger partial charge in [0, 0.05) is 53.1 Å². The van der Waals surface area contributed by atoms with Crippen LogP contribution < -0.4 is 5.32 Å². The molecule has 1 saturated carbocycles. The van der Waals surface area contributed by atoms with E-state index >= 15 is 4.39 Å². The Morgan fingerprint density at radius 3 is 2.50 bits per heavy atom. The molecule has 268 valence electrons. The van der Waals surface area contributed by atoms with Gasteiger partial charge in [-0.25, -0.2) is 4.39 Å². The van der Waals surface area contributed by atoms with Crippen LogP contribution >= 0.6 is 22.9 Å². The van der Waals surface area contributed by atoms with E-state index < -0.39 is 5.82 Å². The molecular weight excluding hydrogens is 679 g/mol. The predicted octanol–water partition coefficient (Wildman–Crippen LogP) is 6.03. The SMILES string of the molecule is O=C[C@H]1CC[C@H](OC[C@@H]2C[C@H](N3CCC(N4CCOCC4)CC3)CN2C(=O)Cc2cc(Cl)c(NC(=O)c3csc4ccccc34)cc2F)CC1. The number of fused-ring (bicyclic) bond motifs is 1. The Kier molecular flexibility index (Phi) is 11.5. The third-order valence-corrected chi connectivity index (χ3v) is 12.5. The van der Waals surface area contributed by atoms with E-state index in [1.165, 1.54) is 23.5 Å². The molecule has 7 rings (SSSR count). The summed E-state index contributed by atoms with van der Waals surface area (Å²) in [7, 11) is 0. The zero-order chi connectivity index (χ0) is 34.6. The first-order valence-electron chi connectivity index (χ1n) is 18.0. The van der Waals surface area contributed by atoms with E-state index in [0.29, 0.717) is 24.8 Å². The lowest BCUT2D eigenvalue weighted by atomic mass is 9.88. The number of amides is 2. The highest BCUT2D eigenvalue weighted by Gasteiger charge is 2.40. The normalized spacial score (nSPS) is 25.6. The number of nitrogens with one attached hydrogen (secondary N) is 1. The van der Waals surface area contributed by atoms with E-state index in [-0.39, 0.29) is 58.6 Å². The van der Waals surface area contributed by atoms with Crippen LogP contribution in [-0.2, 0) is 25.5 Å². The van der Waals surface area contributed by atoms with Crippen molar-refractivity contribution < 1.29 is 28.2 Å². The molecule has 2 amide bonds. The highest BCUT2D eigenvalue weighted by atomic mass is 35.5. The van der Waals surface area contributed by atoms with Gasteiger partial charge in [-0.05, 0) is 81.8 Å². The van der Waals surface area contributed by atoms with Gasteiger partial charge in [-0.1, -0.05) is 29.8 Å². The molecule has 0 spiro atoms. The summed E-state index contributed by atoms with van der Waals surface area (Å²) in [4.78, 5) is 45.3. The summed E-state index contributed by atoms with van der Waals surface area (Å²) >= 11 is 8.05. The highest BCUT2D eigenvalue weighted by Crippen LogP contribution is 2.33. The fourth-order valence-electron chi connectivity index (χ4n) is 8.24. The van der Waals surface area contributed by atoms with Crippen LogP contribution in [0.1, 0.15) is 60.9 Å². The minimum Gasteiger partial charge on any atom is -0.379 e. The van der Waals surface area contributed by atoms with Gasteiger partial charge < -0.3 is 24.5 Å². The summed E-state index contributed by atoms with van der Waals surface area (Å²) in [5.74, 6) is -1.01. The second-order valence-corrected chi connectivity index (χ2v) is 15.5. The van der Waals surface area contributed by atoms with Gasteiger partial charge in [-0.15, -0.1) is 11.3 Å². The Morgan fingerprint density at radius 1 is 1.00 bits per heavy atom. The number of benzene rings is 2. The van der Waals surface area contributed by atoms with Crippen molar-refractivity contribution in [3.63, 3.8) is 0 Å². The van der Waals surface area contributed by atoms with Crippen molar-refractivity contribution >= 4 is 56.8 Å². The number of hydrogen-bond acceptors (Lipinski definition) is 8. The molecule has 2 aromatic carbocycles. The van der Waals surface area contributed by atoms with Gasteiger partial charge in [0.2, 0.25) is 5.91 Å². The topological polar surface area (TPSA) is 91.4 Å². The van der Waals surface area contributed by atoms with E-state index in [4.69, 9.17) is 21.1 Å².